The van der Waals surface area contributed by atoms with Gasteiger partial charge in [-0.1, -0.05) is 0 Å². The molecule has 0 aliphatic rings. The van der Waals surface area contributed by atoms with Gasteiger partial charge in [-0.3, -0.25) is 0 Å². The topological polar surface area (TPSA) is 161 Å². The first-order valence-electron chi connectivity index (χ1n) is 10.2. The molecule has 184 valence electrons. The molecular formula is C21H27ClN6O6. The Morgan fingerprint density at radius 2 is 1.50 bits per heavy atom. The molecule has 0 saturated carbocycles. The van der Waals surface area contributed by atoms with Gasteiger partial charge in [0.1, 0.15) is 18.8 Å². The minimum atomic E-state index is -0.517. The van der Waals surface area contributed by atoms with Gasteiger partial charge in [-0.2, -0.15) is 0 Å². The summed E-state index contributed by atoms with van der Waals surface area (Å²) in [7, 11) is 0. The highest BCUT2D eigenvalue weighted by molar-refractivity contribution is 5.85. The number of pyridine rings is 2. The Morgan fingerprint density at radius 1 is 0.971 bits per heavy atom. The number of fused-ring (bicyclic) bond motifs is 2. The van der Waals surface area contributed by atoms with Gasteiger partial charge in [0.25, 0.3) is 11.8 Å². The number of ether oxygens (including phenoxy) is 3. The van der Waals surface area contributed by atoms with Crippen molar-refractivity contribution in [2.45, 2.75) is 26.4 Å². The van der Waals surface area contributed by atoms with E-state index in [-0.39, 0.29) is 19.0 Å². The molecule has 4 heterocycles. The molecule has 4 rings (SSSR count). The van der Waals surface area contributed by atoms with Crippen molar-refractivity contribution in [1.29, 1.82) is 0 Å². The van der Waals surface area contributed by atoms with Crippen molar-refractivity contribution in [1.82, 2.24) is 25.6 Å². The van der Waals surface area contributed by atoms with Crippen LogP contribution in [0.1, 0.15) is 20.8 Å². The van der Waals surface area contributed by atoms with E-state index < -0.39 is 11.7 Å². The number of aromatic nitrogens is 4. The van der Waals surface area contributed by atoms with Gasteiger partial charge in [0.2, 0.25) is 0 Å². The van der Waals surface area contributed by atoms with Gasteiger partial charge in [0, 0.05) is 18.9 Å². The summed E-state index contributed by atoms with van der Waals surface area (Å²) in [4.78, 5) is 19.6. The van der Waals surface area contributed by atoms with E-state index in [2.05, 4.69) is 25.6 Å². The van der Waals surface area contributed by atoms with Gasteiger partial charge in [0.15, 0.2) is 22.2 Å². The lowest BCUT2D eigenvalue weighted by Gasteiger charge is -2.19. The smallest absolute Gasteiger partial charge is 0.407 e. The van der Waals surface area contributed by atoms with Crippen molar-refractivity contribution in [3.05, 3.63) is 36.7 Å². The van der Waals surface area contributed by atoms with Gasteiger partial charge in [-0.05, 0) is 55.4 Å². The van der Waals surface area contributed by atoms with E-state index >= 15 is 0 Å². The fourth-order valence-corrected chi connectivity index (χ4v) is 2.48. The molecule has 0 aliphatic carbocycles. The predicted octanol–water partition coefficient (Wildman–Crippen LogP) is 3.11. The highest BCUT2D eigenvalue weighted by Gasteiger charge is 2.16. The Labute approximate surface area is 201 Å². The van der Waals surface area contributed by atoms with Crippen LogP contribution < -0.4 is 20.5 Å². The maximum atomic E-state index is 11.4. The molecule has 0 saturated heterocycles. The molecule has 0 fully saturated rings. The van der Waals surface area contributed by atoms with Crippen LogP contribution in [0.15, 0.2) is 45.7 Å². The van der Waals surface area contributed by atoms with E-state index in [9.17, 15) is 4.79 Å². The number of carbonyl (C=O) groups excluding carboxylic acids is 1. The maximum Gasteiger partial charge on any atom is 0.407 e. The molecule has 0 atom stereocenters. The number of alkyl carbamates (subject to hydrolysis) is 1. The van der Waals surface area contributed by atoms with E-state index in [1.807, 2.05) is 0 Å². The molecule has 0 unspecified atom stereocenters. The van der Waals surface area contributed by atoms with Crippen LogP contribution in [0.5, 0.6) is 11.8 Å². The summed E-state index contributed by atoms with van der Waals surface area (Å²) in [5.74, 6) is 0.715. The molecule has 12 nitrogen and oxygen atoms in total. The lowest BCUT2D eigenvalue weighted by Crippen LogP contribution is -2.34. The van der Waals surface area contributed by atoms with E-state index in [4.69, 9.17) is 29.0 Å². The van der Waals surface area contributed by atoms with Crippen molar-refractivity contribution in [3.8, 4) is 11.8 Å². The molecule has 13 heteroatoms. The fraction of sp³-hybridized carbons (Fsp3) is 0.381. The summed E-state index contributed by atoms with van der Waals surface area (Å²) in [5.41, 5.74) is 7.14. The molecule has 3 N–H and O–H groups in total. The zero-order valence-corrected chi connectivity index (χ0v) is 19.8. The number of nitrogens with zero attached hydrogens (tertiary/aromatic N) is 4. The normalized spacial score (nSPS) is 10.7. The minimum absolute atomic E-state index is 0. The van der Waals surface area contributed by atoms with Crippen LogP contribution in [0.25, 0.3) is 22.2 Å². The number of hydrogen-bond donors (Lipinski definition) is 2. The van der Waals surface area contributed by atoms with Crippen LogP contribution in [0.2, 0.25) is 0 Å². The summed E-state index contributed by atoms with van der Waals surface area (Å²) in [6.07, 6.45) is 2.81. The largest absolute Gasteiger partial charge is 0.473 e. The second-order valence-electron chi connectivity index (χ2n) is 7.59. The van der Waals surface area contributed by atoms with Crippen molar-refractivity contribution in [2.75, 3.05) is 26.3 Å². The van der Waals surface area contributed by atoms with Crippen molar-refractivity contribution >= 4 is 40.7 Å². The monoisotopic (exact) mass is 494 g/mol. The zero-order chi connectivity index (χ0) is 23.7. The Morgan fingerprint density at radius 3 is 2.00 bits per heavy atom. The quantitative estimate of drug-likeness (QED) is 0.363. The first-order chi connectivity index (χ1) is 15.9. The third-order valence-electron chi connectivity index (χ3n) is 3.77. The number of hydrogen-bond acceptors (Lipinski definition) is 11. The van der Waals surface area contributed by atoms with Gasteiger partial charge < -0.3 is 34.3 Å². The SMILES string of the molecule is CC(C)(C)OC(=O)NCCOc1noc2cccnc12.Cl.NCCOc1noc2cccnc12. The van der Waals surface area contributed by atoms with Gasteiger partial charge in [-0.15, -0.1) is 12.4 Å². The Kier molecular flexibility index (Phi) is 9.83. The minimum Gasteiger partial charge on any atom is -0.473 e. The molecule has 1 amide bonds. The van der Waals surface area contributed by atoms with Crippen molar-refractivity contribution in [2.24, 2.45) is 5.73 Å². The van der Waals surface area contributed by atoms with Crippen LogP contribution in [-0.4, -0.2) is 58.3 Å². The molecule has 0 bridgehead atoms. The molecule has 0 aliphatic heterocycles. The number of carbonyl (C=O) groups is 1. The Bertz CT molecular complexity index is 1180. The summed E-state index contributed by atoms with van der Waals surface area (Å²) < 4.78 is 25.7. The third kappa shape index (κ3) is 7.74. The summed E-state index contributed by atoms with van der Waals surface area (Å²) in [6.45, 7) is 6.82. The third-order valence-corrected chi connectivity index (χ3v) is 3.77. The Hall–Kier alpha value is -3.64. The highest BCUT2D eigenvalue weighted by atomic mass is 35.5. The fourth-order valence-electron chi connectivity index (χ4n) is 2.48. The van der Waals surface area contributed by atoms with Crippen LogP contribution in [-0.2, 0) is 4.74 Å². The lowest BCUT2D eigenvalue weighted by atomic mass is 10.2. The summed E-state index contributed by atoms with van der Waals surface area (Å²) in [5, 5.41) is 10.1. The summed E-state index contributed by atoms with van der Waals surface area (Å²) >= 11 is 0. The lowest BCUT2D eigenvalue weighted by molar-refractivity contribution is 0.0519. The molecule has 0 aromatic carbocycles. The molecule has 0 spiro atoms. The zero-order valence-electron chi connectivity index (χ0n) is 19.0. The molecule has 4 aromatic heterocycles. The number of nitrogens with one attached hydrogen (secondary N) is 1. The number of halogens is 1. The van der Waals surface area contributed by atoms with Gasteiger partial charge in [-0.25, -0.2) is 14.8 Å². The number of nitrogens with two attached hydrogens (primary N) is 1. The highest BCUT2D eigenvalue weighted by Crippen LogP contribution is 2.22. The average Bonchev–Trinajstić information content (AvgIpc) is 3.39. The second-order valence-corrected chi connectivity index (χ2v) is 7.59. The van der Waals surface area contributed by atoms with Crippen molar-refractivity contribution in [3.63, 3.8) is 0 Å². The Balaban J connectivity index is 0.000000253. The first kappa shape index (κ1) is 26.6. The van der Waals surface area contributed by atoms with E-state index in [0.29, 0.717) is 53.7 Å². The van der Waals surface area contributed by atoms with Crippen molar-refractivity contribution < 1.29 is 28.1 Å². The van der Waals surface area contributed by atoms with Crippen LogP contribution in [0.4, 0.5) is 4.79 Å². The molecular weight excluding hydrogens is 468 g/mol. The first-order valence-corrected chi connectivity index (χ1v) is 10.2. The molecule has 4 aromatic rings. The second kappa shape index (κ2) is 12.6. The van der Waals surface area contributed by atoms with Crippen LogP contribution in [0, 0.1) is 0 Å². The standard InChI is InChI=1S/C13H17N3O4.C8H9N3O2.ClH/c1-13(2,3)19-12(17)15-7-8-18-11-10-9(20-16-11)5-4-6-14-10;9-3-5-12-8-7-6(13-11-8)2-1-4-10-7;/h4-6H,7-8H2,1-3H3,(H,15,17);1-2,4H,3,5,9H2;1H. The number of amides is 1. The number of rotatable bonds is 7. The van der Waals surface area contributed by atoms with Gasteiger partial charge in [0.05, 0.1) is 6.54 Å². The van der Waals surface area contributed by atoms with Crippen LogP contribution >= 0.6 is 12.4 Å². The van der Waals surface area contributed by atoms with Gasteiger partial charge >= 0.3 is 6.09 Å². The average molecular weight is 495 g/mol. The summed E-state index contributed by atoms with van der Waals surface area (Å²) in [6, 6.07) is 7.06. The van der Waals surface area contributed by atoms with E-state index in [0.717, 1.165) is 0 Å². The predicted molar refractivity (Wildman–Crippen MR) is 125 cm³/mol. The maximum absolute atomic E-state index is 11.4. The molecule has 0 radical (unpaired) electrons. The van der Waals surface area contributed by atoms with E-state index in [1.54, 1.807) is 57.4 Å². The molecule has 34 heavy (non-hydrogen) atoms. The van der Waals surface area contributed by atoms with Crippen LogP contribution in [0.3, 0.4) is 0 Å². The van der Waals surface area contributed by atoms with E-state index in [1.165, 1.54) is 0 Å².